The molecule has 0 unspecified atom stereocenters. The lowest BCUT2D eigenvalue weighted by Gasteiger charge is -2.43. The molecule has 1 fully saturated rings. The first-order valence-corrected chi connectivity index (χ1v) is 8.68. The molecule has 1 aromatic carbocycles. The van der Waals surface area contributed by atoms with E-state index in [9.17, 15) is 19.5 Å². The van der Waals surface area contributed by atoms with Gasteiger partial charge in [-0.15, -0.1) is 0 Å². The molecule has 0 aromatic heterocycles. The van der Waals surface area contributed by atoms with Gasteiger partial charge in [-0.25, -0.2) is 0 Å². The summed E-state index contributed by atoms with van der Waals surface area (Å²) in [5.74, 6) is -5.14. The smallest absolute Gasteiger partial charge is 0.317 e. The maximum atomic E-state index is 12.7. The van der Waals surface area contributed by atoms with Crippen LogP contribution in [0.15, 0.2) is 55.6 Å². The van der Waals surface area contributed by atoms with Crippen molar-refractivity contribution in [2.75, 3.05) is 13.2 Å². The van der Waals surface area contributed by atoms with Crippen molar-refractivity contribution in [3.8, 4) is 0 Å². The van der Waals surface area contributed by atoms with Crippen LogP contribution in [0.25, 0.3) is 0 Å². The molecule has 2 rings (SSSR count). The summed E-state index contributed by atoms with van der Waals surface area (Å²) < 4.78 is 10.3. The number of carbonyl (C=O) groups excluding carboxylic acids is 3. The van der Waals surface area contributed by atoms with Crippen LogP contribution in [0.3, 0.4) is 0 Å². The first-order chi connectivity index (χ1) is 12.8. The average Bonchev–Trinajstić information content (AvgIpc) is 2.63. The van der Waals surface area contributed by atoms with Crippen molar-refractivity contribution >= 4 is 17.7 Å². The molecule has 1 N–H and O–H groups in total. The van der Waals surface area contributed by atoms with E-state index in [1.165, 1.54) is 19.1 Å². The van der Waals surface area contributed by atoms with E-state index in [1.807, 2.05) is 0 Å². The van der Waals surface area contributed by atoms with Crippen LogP contribution in [0, 0.1) is 11.8 Å². The SMILES string of the molecule is C=CCOC(=O)[C@@H]1C(=O)C[C@](C)(O)[C@@H](C(=O)OCC=C)[C@@H]1c1ccccc1. The van der Waals surface area contributed by atoms with E-state index in [2.05, 4.69) is 13.2 Å². The van der Waals surface area contributed by atoms with Crippen molar-refractivity contribution in [1.29, 1.82) is 0 Å². The first-order valence-electron chi connectivity index (χ1n) is 8.68. The molecule has 144 valence electrons. The van der Waals surface area contributed by atoms with Crippen molar-refractivity contribution in [3.05, 3.63) is 61.2 Å². The highest BCUT2D eigenvalue weighted by Crippen LogP contribution is 2.46. The van der Waals surface area contributed by atoms with E-state index < -0.39 is 41.1 Å². The summed E-state index contributed by atoms with van der Waals surface area (Å²) in [4.78, 5) is 38.1. The number of aliphatic hydroxyl groups is 1. The molecule has 1 saturated carbocycles. The topological polar surface area (TPSA) is 89.9 Å². The lowest BCUT2D eigenvalue weighted by atomic mass is 9.62. The molecular formula is C21H24O6. The van der Waals surface area contributed by atoms with Gasteiger partial charge < -0.3 is 14.6 Å². The van der Waals surface area contributed by atoms with Crippen molar-refractivity contribution < 1.29 is 29.0 Å². The van der Waals surface area contributed by atoms with Crippen molar-refractivity contribution in [1.82, 2.24) is 0 Å². The average molecular weight is 372 g/mol. The number of Topliss-reactive ketones (excluding diaryl/α,β-unsaturated/α-hetero) is 1. The Bertz CT molecular complexity index is 721. The second-order valence-corrected chi connectivity index (χ2v) is 6.73. The zero-order chi connectivity index (χ0) is 20.0. The van der Waals surface area contributed by atoms with Gasteiger partial charge in [0.05, 0.1) is 11.5 Å². The third-order valence-corrected chi connectivity index (χ3v) is 4.65. The van der Waals surface area contributed by atoms with E-state index in [0.717, 1.165) is 0 Å². The molecule has 1 aromatic rings. The fraction of sp³-hybridized carbons (Fsp3) is 0.381. The Morgan fingerprint density at radius 1 is 1.15 bits per heavy atom. The van der Waals surface area contributed by atoms with Gasteiger partial charge >= 0.3 is 11.9 Å². The summed E-state index contributed by atoms with van der Waals surface area (Å²) >= 11 is 0. The molecule has 27 heavy (non-hydrogen) atoms. The molecule has 1 aliphatic carbocycles. The Morgan fingerprint density at radius 3 is 2.26 bits per heavy atom. The third kappa shape index (κ3) is 4.52. The molecule has 6 heteroatoms. The van der Waals surface area contributed by atoms with Crippen LogP contribution >= 0.6 is 0 Å². The number of ketones is 1. The van der Waals surface area contributed by atoms with Gasteiger partial charge in [0.25, 0.3) is 0 Å². The zero-order valence-electron chi connectivity index (χ0n) is 15.3. The minimum absolute atomic E-state index is 0.0353. The van der Waals surface area contributed by atoms with Gasteiger partial charge in [0.15, 0.2) is 5.78 Å². The largest absolute Gasteiger partial charge is 0.461 e. The normalized spacial score (nSPS) is 27.5. The Balaban J connectivity index is 2.53. The summed E-state index contributed by atoms with van der Waals surface area (Å²) in [6, 6.07) is 8.67. The number of benzene rings is 1. The maximum Gasteiger partial charge on any atom is 0.317 e. The number of hydrogen-bond donors (Lipinski definition) is 1. The van der Waals surface area contributed by atoms with Crippen LogP contribution in [0.4, 0.5) is 0 Å². The number of ether oxygens (including phenoxy) is 2. The molecule has 0 heterocycles. The summed E-state index contributed by atoms with van der Waals surface area (Å²) in [5, 5.41) is 10.9. The van der Waals surface area contributed by atoms with Crippen LogP contribution in [0.1, 0.15) is 24.8 Å². The van der Waals surface area contributed by atoms with Gasteiger partial charge in [0.2, 0.25) is 0 Å². The lowest BCUT2D eigenvalue weighted by Crippen LogP contribution is -2.55. The van der Waals surface area contributed by atoms with Gasteiger partial charge in [-0.3, -0.25) is 14.4 Å². The molecule has 1 aliphatic rings. The summed E-state index contributed by atoms with van der Waals surface area (Å²) in [5.41, 5.74) is -1.09. The molecule has 0 aliphatic heterocycles. The molecule has 0 spiro atoms. The van der Waals surface area contributed by atoms with Crippen LogP contribution in [-0.4, -0.2) is 41.6 Å². The van der Waals surface area contributed by atoms with Gasteiger partial charge in [0.1, 0.15) is 19.1 Å². The molecule has 0 saturated heterocycles. The zero-order valence-corrected chi connectivity index (χ0v) is 15.3. The molecule has 4 atom stereocenters. The molecule has 0 radical (unpaired) electrons. The van der Waals surface area contributed by atoms with Crippen LogP contribution in [0.5, 0.6) is 0 Å². The fourth-order valence-electron chi connectivity index (χ4n) is 3.55. The van der Waals surface area contributed by atoms with Crippen LogP contribution in [-0.2, 0) is 23.9 Å². The van der Waals surface area contributed by atoms with Crippen molar-refractivity contribution in [2.24, 2.45) is 11.8 Å². The van der Waals surface area contributed by atoms with E-state index >= 15 is 0 Å². The van der Waals surface area contributed by atoms with E-state index in [-0.39, 0.29) is 19.6 Å². The molecule has 6 nitrogen and oxygen atoms in total. The Morgan fingerprint density at radius 2 is 1.70 bits per heavy atom. The molecule has 0 amide bonds. The molecule has 0 bridgehead atoms. The summed E-state index contributed by atoms with van der Waals surface area (Å²) in [7, 11) is 0. The predicted molar refractivity (Wildman–Crippen MR) is 98.7 cm³/mol. The van der Waals surface area contributed by atoms with E-state index in [1.54, 1.807) is 30.3 Å². The number of rotatable bonds is 7. The van der Waals surface area contributed by atoms with Crippen molar-refractivity contribution in [2.45, 2.75) is 24.9 Å². The second kappa shape index (κ2) is 8.77. The lowest BCUT2D eigenvalue weighted by molar-refractivity contribution is -0.171. The summed E-state index contributed by atoms with van der Waals surface area (Å²) in [6.45, 7) is 8.32. The van der Waals surface area contributed by atoms with E-state index in [4.69, 9.17) is 9.47 Å². The minimum atomic E-state index is -1.66. The summed E-state index contributed by atoms with van der Waals surface area (Å²) in [6.07, 6.45) is 2.46. The second-order valence-electron chi connectivity index (χ2n) is 6.73. The number of carbonyl (C=O) groups is 3. The first kappa shape index (κ1) is 20.6. The quantitative estimate of drug-likeness (QED) is 0.448. The van der Waals surface area contributed by atoms with Crippen LogP contribution < -0.4 is 0 Å². The minimum Gasteiger partial charge on any atom is -0.461 e. The standard InChI is InChI=1S/C21H24O6/c1-4-11-26-19(23)17-15(22)13-21(3,25)18(20(24)27-12-5-2)16(17)14-9-7-6-8-10-14/h4-10,16-18,25H,1-2,11-13H2,3H3/t16-,17-,18-,21+/m1/s1. The highest BCUT2D eigenvalue weighted by molar-refractivity contribution is 6.02. The predicted octanol–water partition coefficient (Wildman–Crippen LogP) is 2.18. The van der Waals surface area contributed by atoms with E-state index in [0.29, 0.717) is 5.56 Å². The highest BCUT2D eigenvalue weighted by atomic mass is 16.5. The highest BCUT2D eigenvalue weighted by Gasteiger charge is 2.57. The Hall–Kier alpha value is -2.73. The van der Waals surface area contributed by atoms with Gasteiger partial charge in [-0.1, -0.05) is 55.6 Å². The van der Waals surface area contributed by atoms with Gasteiger partial charge in [-0.2, -0.15) is 0 Å². The number of esters is 2. The molecular weight excluding hydrogens is 348 g/mol. The Kier molecular flexibility index (Phi) is 6.69. The van der Waals surface area contributed by atoms with Crippen molar-refractivity contribution in [3.63, 3.8) is 0 Å². The fourth-order valence-corrected chi connectivity index (χ4v) is 3.55. The third-order valence-electron chi connectivity index (χ3n) is 4.65. The Labute approximate surface area is 158 Å². The van der Waals surface area contributed by atoms with Gasteiger partial charge in [-0.05, 0) is 12.5 Å². The monoisotopic (exact) mass is 372 g/mol. The van der Waals surface area contributed by atoms with Gasteiger partial charge in [0, 0.05) is 12.3 Å². The maximum absolute atomic E-state index is 12.7. The van der Waals surface area contributed by atoms with Crippen LogP contribution in [0.2, 0.25) is 0 Å². The number of hydrogen-bond acceptors (Lipinski definition) is 6.